The fourth-order valence-electron chi connectivity index (χ4n) is 4.57. The number of aromatic nitrogens is 1. The molecule has 11 nitrogen and oxygen atoms in total. The number of esters is 1. The summed E-state index contributed by atoms with van der Waals surface area (Å²) in [4.78, 5) is 31.9. The van der Waals surface area contributed by atoms with Gasteiger partial charge >= 0.3 is 18.7 Å². The van der Waals surface area contributed by atoms with E-state index in [1.165, 1.54) is 54.9 Å². The predicted octanol–water partition coefficient (Wildman–Crippen LogP) is 7.41. The van der Waals surface area contributed by atoms with Crippen LogP contribution in [0.4, 0.5) is 13.6 Å². The van der Waals surface area contributed by atoms with E-state index in [9.17, 15) is 26.8 Å². The second-order valence-electron chi connectivity index (χ2n) is 12.9. The molecule has 1 aromatic heterocycles. The third kappa shape index (κ3) is 10.9. The molecule has 1 heterocycles. The maximum atomic E-state index is 13.6. The largest absolute Gasteiger partial charge is 0.489 e. The topological polar surface area (TPSA) is 125 Å². The average molecular weight is 759 g/mol. The van der Waals surface area contributed by atoms with E-state index in [2.05, 4.69) is 9.72 Å². The van der Waals surface area contributed by atoms with Gasteiger partial charge in [-0.25, -0.2) is 18.0 Å². The molecule has 1 unspecified atom stereocenters. The first-order chi connectivity index (χ1) is 23.4. The van der Waals surface area contributed by atoms with Gasteiger partial charge in [0.15, 0.2) is 11.5 Å². The first kappa shape index (κ1) is 39.1. The third-order valence-corrected chi connectivity index (χ3v) is 9.77. The zero-order chi connectivity index (χ0) is 36.8. The number of ether oxygens (including phenoxy) is 4. The smallest absolute Gasteiger partial charge is 0.424 e. The number of benzene rings is 2. The van der Waals surface area contributed by atoms with Gasteiger partial charge in [0, 0.05) is 25.4 Å². The van der Waals surface area contributed by atoms with Crippen LogP contribution in [0.1, 0.15) is 61.2 Å². The zero-order valence-corrected chi connectivity index (χ0v) is 30.5. The van der Waals surface area contributed by atoms with E-state index in [-0.39, 0.29) is 51.5 Å². The standard InChI is InChI=1S/C34H39Cl2F2N3O8S/c1-34(2,3)49-33(43)41(15-14-40(4)5)50(44,45)24-11-8-22(9-12-24)31(42)47-29(17-25-26(35)18-39-19-27(25)36)23-10-13-28(48-32(37)38)30(16-23)46-20-21-6-7-21/h8-13,16,18-19,21,29,32H,6-7,14-15,17,20H2,1-5H3. The van der Waals surface area contributed by atoms with Crippen molar-refractivity contribution in [1.29, 1.82) is 0 Å². The Morgan fingerprint density at radius 1 is 0.980 bits per heavy atom. The molecule has 1 aliphatic rings. The molecule has 1 aliphatic carbocycles. The molecule has 1 atom stereocenters. The van der Waals surface area contributed by atoms with Crippen LogP contribution in [0.2, 0.25) is 10.0 Å². The van der Waals surface area contributed by atoms with Gasteiger partial charge in [0.1, 0.15) is 11.7 Å². The van der Waals surface area contributed by atoms with Crippen molar-refractivity contribution in [3.8, 4) is 11.5 Å². The minimum Gasteiger partial charge on any atom is -0.489 e. The van der Waals surface area contributed by atoms with Crippen LogP contribution in [0.5, 0.6) is 11.5 Å². The summed E-state index contributed by atoms with van der Waals surface area (Å²) in [5, 5.41) is 0.416. The average Bonchev–Trinajstić information content (AvgIpc) is 3.85. The van der Waals surface area contributed by atoms with Crippen molar-refractivity contribution in [2.45, 2.75) is 63.2 Å². The summed E-state index contributed by atoms with van der Waals surface area (Å²) in [6.07, 6.45) is 2.53. The van der Waals surface area contributed by atoms with Gasteiger partial charge in [-0.15, -0.1) is 0 Å². The number of pyridine rings is 1. The van der Waals surface area contributed by atoms with Crippen molar-refractivity contribution in [2.24, 2.45) is 5.92 Å². The Labute approximate surface area is 300 Å². The van der Waals surface area contributed by atoms with Gasteiger partial charge in [-0.3, -0.25) is 4.98 Å². The molecule has 1 saturated carbocycles. The number of halogens is 4. The number of nitrogens with zero attached hydrogens (tertiary/aromatic N) is 3. The molecule has 1 fully saturated rings. The van der Waals surface area contributed by atoms with Crippen LogP contribution in [0, 0.1) is 5.92 Å². The minimum atomic E-state index is -4.39. The van der Waals surface area contributed by atoms with Crippen LogP contribution in [0.25, 0.3) is 0 Å². The highest BCUT2D eigenvalue weighted by molar-refractivity contribution is 7.89. The van der Waals surface area contributed by atoms with E-state index < -0.39 is 40.4 Å². The van der Waals surface area contributed by atoms with Gasteiger partial charge in [0.2, 0.25) is 0 Å². The first-order valence-electron chi connectivity index (χ1n) is 15.7. The Hall–Kier alpha value is -3.72. The molecule has 2 aromatic carbocycles. The van der Waals surface area contributed by atoms with Gasteiger partial charge in [0.25, 0.3) is 10.0 Å². The number of hydrogen-bond acceptors (Lipinski definition) is 10. The maximum Gasteiger partial charge on any atom is 0.424 e. The van der Waals surface area contributed by atoms with Crippen molar-refractivity contribution in [2.75, 3.05) is 33.8 Å². The number of alkyl halides is 2. The molecular formula is C34H39Cl2F2N3O8S. The highest BCUT2D eigenvalue weighted by atomic mass is 35.5. The summed E-state index contributed by atoms with van der Waals surface area (Å²) in [7, 11) is -0.919. The molecule has 50 heavy (non-hydrogen) atoms. The highest BCUT2D eigenvalue weighted by Gasteiger charge is 2.33. The molecule has 272 valence electrons. The fourth-order valence-corrected chi connectivity index (χ4v) is 6.38. The van der Waals surface area contributed by atoms with Gasteiger partial charge in [-0.1, -0.05) is 29.3 Å². The molecular weight excluding hydrogens is 719 g/mol. The van der Waals surface area contributed by atoms with Crippen LogP contribution >= 0.6 is 23.2 Å². The zero-order valence-electron chi connectivity index (χ0n) is 28.2. The van der Waals surface area contributed by atoms with Crippen LogP contribution in [0.15, 0.2) is 59.8 Å². The summed E-state index contributed by atoms with van der Waals surface area (Å²) in [5.74, 6) is -0.680. The monoisotopic (exact) mass is 757 g/mol. The minimum absolute atomic E-state index is 0.0131. The molecule has 0 radical (unpaired) electrons. The van der Waals surface area contributed by atoms with Crippen molar-refractivity contribution in [3.63, 3.8) is 0 Å². The second-order valence-corrected chi connectivity index (χ2v) is 15.6. The van der Waals surface area contributed by atoms with Crippen LogP contribution < -0.4 is 9.47 Å². The molecule has 0 saturated heterocycles. The van der Waals surface area contributed by atoms with Crippen molar-refractivity contribution < 1.29 is 45.7 Å². The predicted molar refractivity (Wildman–Crippen MR) is 183 cm³/mol. The lowest BCUT2D eigenvalue weighted by Crippen LogP contribution is -2.43. The third-order valence-electron chi connectivity index (χ3n) is 7.34. The lowest BCUT2D eigenvalue weighted by atomic mass is 10.0. The number of likely N-dealkylation sites (N-methyl/N-ethyl adjacent to an activating group) is 1. The quantitative estimate of drug-likeness (QED) is 0.145. The number of amides is 1. The van der Waals surface area contributed by atoms with Crippen molar-refractivity contribution in [3.05, 3.63) is 81.6 Å². The van der Waals surface area contributed by atoms with Gasteiger partial charge in [-0.05, 0) is 101 Å². The summed E-state index contributed by atoms with van der Waals surface area (Å²) in [6.45, 7) is 2.13. The van der Waals surface area contributed by atoms with E-state index in [0.717, 1.165) is 12.8 Å². The first-order valence-corrected chi connectivity index (χ1v) is 17.8. The van der Waals surface area contributed by atoms with Crippen LogP contribution in [0.3, 0.4) is 0 Å². The second kappa shape index (κ2) is 16.5. The Morgan fingerprint density at radius 2 is 1.62 bits per heavy atom. The van der Waals surface area contributed by atoms with Crippen LogP contribution in [-0.4, -0.2) is 80.7 Å². The molecule has 0 N–H and O–H groups in total. The Balaban J connectivity index is 1.64. The number of carbonyl (C=O) groups excluding carboxylic acids is 2. The number of sulfonamides is 1. The SMILES string of the molecule is CN(C)CCN(C(=O)OC(C)(C)C)S(=O)(=O)c1ccc(C(=O)OC(Cc2c(Cl)cncc2Cl)c2ccc(OC(F)F)c(OCC3CC3)c2)cc1. The molecule has 16 heteroatoms. The number of carbonyl (C=O) groups is 2. The molecule has 4 rings (SSSR count). The summed E-state index contributed by atoms with van der Waals surface area (Å²) in [6, 6.07) is 9.08. The molecule has 0 aliphatic heterocycles. The summed E-state index contributed by atoms with van der Waals surface area (Å²) in [5.41, 5.74) is -0.183. The van der Waals surface area contributed by atoms with Crippen LogP contribution in [-0.2, 0) is 25.9 Å². The lowest BCUT2D eigenvalue weighted by Gasteiger charge is -2.27. The van der Waals surface area contributed by atoms with Gasteiger partial charge in [0.05, 0.1) is 33.7 Å². The van der Waals surface area contributed by atoms with E-state index in [4.69, 9.17) is 37.4 Å². The van der Waals surface area contributed by atoms with E-state index in [0.29, 0.717) is 28.0 Å². The fraction of sp³-hybridized carbons (Fsp3) is 0.441. The molecule has 3 aromatic rings. The van der Waals surface area contributed by atoms with Gasteiger partial charge in [-0.2, -0.15) is 13.1 Å². The Morgan fingerprint density at radius 3 is 2.18 bits per heavy atom. The lowest BCUT2D eigenvalue weighted by molar-refractivity contribution is -0.0515. The summed E-state index contributed by atoms with van der Waals surface area (Å²) < 4.78 is 76.0. The molecule has 0 bridgehead atoms. The van der Waals surface area contributed by atoms with E-state index in [1.807, 2.05) is 0 Å². The molecule has 0 spiro atoms. The van der Waals surface area contributed by atoms with Gasteiger partial charge < -0.3 is 23.8 Å². The van der Waals surface area contributed by atoms with E-state index >= 15 is 0 Å². The number of hydrogen-bond donors (Lipinski definition) is 0. The summed E-state index contributed by atoms with van der Waals surface area (Å²) >= 11 is 12.8. The Kier molecular flexibility index (Phi) is 12.9. The highest BCUT2D eigenvalue weighted by Crippen LogP contribution is 2.38. The van der Waals surface area contributed by atoms with Crippen molar-refractivity contribution in [1.82, 2.24) is 14.2 Å². The maximum absolute atomic E-state index is 13.6. The molecule has 1 amide bonds. The van der Waals surface area contributed by atoms with E-state index in [1.54, 1.807) is 39.8 Å². The Bertz CT molecular complexity index is 1750. The normalized spacial score (nSPS) is 14.0. The van der Waals surface area contributed by atoms with Crippen molar-refractivity contribution >= 4 is 45.3 Å². The number of rotatable bonds is 15.